The summed E-state index contributed by atoms with van der Waals surface area (Å²) in [7, 11) is -2.14. The van der Waals surface area contributed by atoms with Gasteiger partial charge in [-0.05, 0) is 141 Å². The van der Waals surface area contributed by atoms with E-state index >= 15 is 0 Å². The van der Waals surface area contributed by atoms with Crippen LogP contribution >= 0.6 is 23.8 Å². The summed E-state index contributed by atoms with van der Waals surface area (Å²) in [4.78, 5) is 0. The molecule has 0 N–H and O–H groups in total. The molecule has 7 aromatic carbocycles. The molecule has 0 spiro atoms. The van der Waals surface area contributed by atoms with E-state index in [0.717, 1.165) is 19.3 Å². The van der Waals surface area contributed by atoms with Crippen molar-refractivity contribution in [3.63, 3.8) is 0 Å². The van der Waals surface area contributed by atoms with Gasteiger partial charge < -0.3 is 0 Å². The molecule has 0 saturated heterocycles. The van der Waals surface area contributed by atoms with Crippen molar-refractivity contribution in [3.8, 4) is 0 Å². The lowest BCUT2D eigenvalue weighted by molar-refractivity contribution is 0.795. The van der Waals surface area contributed by atoms with Gasteiger partial charge in [-0.15, -0.1) is 0 Å². The molecule has 2 atom stereocenters. The van der Waals surface area contributed by atoms with Gasteiger partial charge in [-0.3, -0.25) is 0 Å². The Kier molecular flexibility index (Phi) is 15.6. The second kappa shape index (κ2) is 21.4. The molecular formula is C56H61P3. The van der Waals surface area contributed by atoms with Crippen molar-refractivity contribution >= 4 is 71.5 Å². The molecule has 59 heavy (non-hydrogen) atoms. The zero-order valence-electron chi connectivity index (χ0n) is 35.9. The normalized spacial score (nSPS) is 12.9. The van der Waals surface area contributed by atoms with Crippen LogP contribution in [-0.2, 0) is 19.3 Å². The van der Waals surface area contributed by atoms with E-state index in [4.69, 9.17) is 0 Å². The Morgan fingerprint density at radius 3 is 0.610 bits per heavy atom. The fourth-order valence-corrected chi connectivity index (χ4v) is 14.5. The minimum absolute atomic E-state index is 0.689. The van der Waals surface area contributed by atoms with Gasteiger partial charge in [-0.25, -0.2) is 0 Å². The number of rotatable bonds is 18. The molecule has 0 bridgehead atoms. The first-order valence-electron chi connectivity index (χ1n) is 21.9. The summed E-state index contributed by atoms with van der Waals surface area (Å²) in [6, 6.07) is 66.6. The first-order valence-corrected chi connectivity index (χ1v) is 26.0. The predicted octanol–water partition coefficient (Wildman–Crippen LogP) is 11.6. The van der Waals surface area contributed by atoms with Crippen LogP contribution in [0.4, 0.5) is 0 Å². The van der Waals surface area contributed by atoms with E-state index in [-0.39, 0.29) is 0 Å². The first kappa shape index (κ1) is 42.9. The van der Waals surface area contributed by atoms with Gasteiger partial charge in [0.25, 0.3) is 0 Å². The van der Waals surface area contributed by atoms with Gasteiger partial charge in [0, 0.05) is 0 Å². The zero-order chi connectivity index (χ0) is 41.0. The van der Waals surface area contributed by atoms with Crippen LogP contribution in [0, 0.1) is 13.8 Å². The molecule has 0 aliphatic carbocycles. The number of aryl methyl sites for hydroxylation is 5. The fraction of sp³-hybridized carbons (Fsp3) is 0.250. The highest BCUT2D eigenvalue weighted by molar-refractivity contribution is 7.81. The topological polar surface area (TPSA) is 0 Å². The van der Waals surface area contributed by atoms with Crippen molar-refractivity contribution in [2.45, 2.75) is 92.4 Å². The summed E-state index contributed by atoms with van der Waals surface area (Å²) in [6.45, 7) is 11.2. The molecule has 300 valence electrons. The van der Waals surface area contributed by atoms with Gasteiger partial charge in [0.05, 0.1) is 0 Å². The second-order valence-electron chi connectivity index (χ2n) is 16.0. The standard InChI is InChI=1S/C56H61P3/c1-6-9-12-45-19-29-50(30-20-45)57(48-25-15-43(4)16-26-48)53-35-39-55(40-36-53)59(52-33-23-47(24-34-52)14-11-8-3)56-41-37-54(38-42-56)58(49-27-17-44(5)18-28-49)51-31-21-46(22-32-51)13-10-7-2/h15-42H,6-14H2,1-5H3. The third-order valence-electron chi connectivity index (χ3n) is 11.4. The summed E-state index contributed by atoms with van der Waals surface area (Å²) in [5.74, 6) is 0. The molecule has 0 aliphatic heterocycles. The highest BCUT2D eigenvalue weighted by atomic mass is 31.1. The minimum Gasteiger partial charge on any atom is -0.0654 e. The third kappa shape index (κ3) is 11.2. The van der Waals surface area contributed by atoms with Crippen LogP contribution < -0.4 is 47.7 Å². The Hall–Kier alpha value is -4.17. The molecule has 2 unspecified atom stereocenters. The maximum atomic E-state index is 2.44. The molecule has 3 heteroatoms. The van der Waals surface area contributed by atoms with Gasteiger partial charge >= 0.3 is 0 Å². The smallest absolute Gasteiger partial charge is 0.0134 e. The van der Waals surface area contributed by atoms with Gasteiger partial charge in [0.1, 0.15) is 0 Å². The summed E-state index contributed by atoms with van der Waals surface area (Å²) < 4.78 is 0. The minimum atomic E-state index is -0.767. The van der Waals surface area contributed by atoms with E-state index in [2.05, 4.69) is 204 Å². The Morgan fingerprint density at radius 1 is 0.254 bits per heavy atom. The van der Waals surface area contributed by atoms with Crippen molar-refractivity contribution < 1.29 is 0 Å². The number of hydrogen-bond donors (Lipinski definition) is 0. The van der Waals surface area contributed by atoms with Gasteiger partial charge in [-0.1, -0.05) is 221 Å². The lowest BCUT2D eigenvalue weighted by Crippen LogP contribution is -2.26. The van der Waals surface area contributed by atoms with Gasteiger partial charge in [-0.2, -0.15) is 0 Å². The monoisotopic (exact) mass is 826 g/mol. The Morgan fingerprint density at radius 2 is 0.424 bits per heavy atom. The lowest BCUT2D eigenvalue weighted by atomic mass is 10.1. The Bertz CT molecular complexity index is 2160. The maximum absolute atomic E-state index is 2.44. The van der Waals surface area contributed by atoms with Crippen molar-refractivity contribution in [3.05, 3.63) is 198 Å². The van der Waals surface area contributed by atoms with Gasteiger partial charge in [0.15, 0.2) is 0 Å². The quantitative estimate of drug-likeness (QED) is 0.0756. The fourth-order valence-electron chi connectivity index (χ4n) is 7.81. The van der Waals surface area contributed by atoms with Gasteiger partial charge in [0.2, 0.25) is 0 Å². The second-order valence-corrected chi connectivity index (χ2v) is 22.7. The largest absolute Gasteiger partial charge is 0.0654 e. The van der Waals surface area contributed by atoms with Crippen LogP contribution in [0.15, 0.2) is 170 Å². The average molecular weight is 827 g/mol. The van der Waals surface area contributed by atoms with Crippen molar-refractivity contribution in [2.75, 3.05) is 0 Å². The zero-order valence-corrected chi connectivity index (χ0v) is 38.6. The maximum Gasteiger partial charge on any atom is -0.0134 e. The molecule has 0 nitrogen and oxygen atoms in total. The van der Waals surface area contributed by atoms with Crippen LogP contribution in [0.2, 0.25) is 0 Å². The van der Waals surface area contributed by atoms with E-state index in [1.54, 1.807) is 0 Å². The SMILES string of the molecule is CCCCc1ccc(P(c2ccc(C)cc2)c2ccc(P(c3ccc(CCCC)cc3)c3ccc(P(c4ccc(C)cc4)c4ccc(CCCC)cc4)cc3)cc2)cc1. The molecule has 0 aromatic heterocycles. The van der Waals surface area contributed by atoms with Crippen molar-refractivity contribution in [1.82, 2.24) is 0 Å². The van der Waals surface area contributed by atoms with Crippen LogP contribution in [0.5, 0.6) is 0 Å². The molecule has 7 rings (SSSR count). The summed E-state index contributed by atoms with van der Waals surface area (Å²) in [5, 5.41) is 12.6. The van der Waals surface area contributed by atoms with Crippen molar-refractivity contribution in [2.24, 2.45) is 0 Å². The lowest BCUT2D eigenvalue weighted by Gasteiger charge is -2.24. The summed E-state index contributed by atoms with van der Waals surface area (Å²) >= 11 is 0. The molecule has 0 heterocycles. The molecule has 0 fully saturated rings. The van der Waals surface area contributed by atoms with E-state index < -0.39 is 23.8 Å². The first-order chi connectivity index (χ1) is 28.9. The molecule has 0 saturated carbocycles. The highest BCUT2D eigenvalue weighted by Crippen LogP contribution is 2.38. The number of unbranched alkanes of at least 4 members (excludes halogenated alkanes) is 3. The summed E-state index contributed by atoms with van der Waals surface area (Å²) in [6.07, 6.45) is 10.8. The average Bonchev–Trinajstić information content (AvgIpc) is 3.28. The van der Waals surface area contributed by atoms with Crippen LogP contribution in [0.1, 0.15) is 87.1 Å². The molecule has 0 radical (unpaired) electrons. The van der Waals surface area contributed by atoms with Crippen LogP contribution in [0.3, 0.4) is 0 Å². The predicted molar refractivity (Wildman–Crippen MR) is 268 cm³/mol. The Labute approximate surface area is 359 Å². The van der Waals surface area contributed by atoms with E-state index in [0.29, 0.717) is 0 Å². The number of hydrogen-bond acceptors (Lipinski definition) is 0. The molecule has 7 aromatic rings. The Balaban J connectivity index is 1.26. The summed E-state index contributed by atoms with van der Waals surface area (Å²) in [5.41, 5.74) is 6.92. The molecule has 0 aliphatic rings. The molecule has 0 amide bonds. The van der Waals surface area contributed by atoms with Crippen LogP contribution in [0.25, 0.3) is 0 Å². The van der Waals surface area contributed by atoms with E-state index in [1.165, 1.54) is 114 Å². The van der Waals surface area contributed by atoms with E-state index in [1.807, 2.05) is 0 Å². The van der Waals surface area contributed by atoms with Crippen LogP contribution in [-0.4, -0.2) is 0 Å². The third-order valence-corrected chi connectivity index (χ3v) is 18.7. The highest BCUT2D eigenvalue weighted by Gasteiger charge is 2.22. The van der Waals surface area contributed by atoms with Crippen molar-refractivity contribution in [1.29, 1.82) is 0 Å². The molecular weight excluding hydrogens is 766 g/mol. The van der Waals surface area contributed by atoms with E-state index in [9.17, 15) is 0 Å². The number of benzene rings is 7.